The van der Waals surface area contributed by atoms with E-state index in [1.165, 1.54) is 0 Å². The largest absolute Gasteiger partial charge is 0.480 e. The minimum atomic E-state index is -1.03. The lowest BCUT2D eigenvalue weighted by Gasteiger charge is -2.11. The predicted octanol–water partition coefficient (Wildman–Crippen LogP) is -1.62. The van der Waals surface area contributed by atoms with Crippen LogP contribution in [0.25, 0.3) is 0 Å². The molecule has 0 heterocycles. The molecule has 0 saturated carbocycles. The Balaban J connectivity index is 3.40. The third-order valence-corrected chi connectivity index (χ3v) is 2.46. The highest BCUT2D eigenvalue weighted by Crippen LogP contribution is 1.93. The van der Waals surface area contributed by atoms with Gasteiger partial charge in [0.05, 0.1) is 39.1 Å². The summed E-state index contributed by atoms with van der Waals surface area (Å²) in [6.07, 6.45) is 0.366. The first-order chi connectivity index (χ1) is 10.6. The zero-order valence-electron chi connectivity index (χ0n) is 12.7. The predicted molar refractivity (Wildman–Crippen MR) is 77.6 cm³/mol. The monoisotopic (exact) mass is 322 g/mol. The number of ether oxygens (including phenoxy) is 4. The summed E-state index contributed by atoms with van der Waals surface area (Å²) in [4.78, 5) is 21.8. The number of carbonyl (C=O) groups is 2. The molecule has 0 aromatic heterocycles. The number of carboxylic acid groups (broad SMARTS) is 1. The molecule has 0 aliphatic rings. The molecule has 0 aromatic rings. The summed E-state index contributed by atoms with van der Waals surface area (Å²) in [6.45, 7) is 1.93. The van der Waals surface area contributed by atoms with E-state index in [9.17, 15) is 9.59 Å². The Hall–Kier alpha value is -1.10. The summed E-state index contributed by atoms with van der Waals surface area (Å²) in [6, 6.07) is -0.648. The second kappa shape index (κ2) is 14.8. The Bertz CT molecular complexity index is 302. The second-order valence-corrected chi connectivity index (χ2v) is 4.37. The number of aliphatic carboxylic acids is 1. The van der Waals surface area contributed by atoms with E-state index in [-0.39, 0.29) is 32.2 Å². The van der Waals surface area contributed by atoms with Gasteiger partial charge in [0.15, 0.2) is 5.78 Å². The van der Waals surface area contributed by atoms with Crippen LogP contribution in [0.1, 0.15) is 6.42 Å². The van der Waals surface area contributed by atoms with Gasteiger partial charge in [0.2, 0.25) is 0 Å². The minimum absolute atomic E-state index is 0.0606. The van der Waals surface area contributed by atoms with Crippen LogP contribution < -0.4 is 11.5 Å². The van der Waals surface area contributed by atoms with Crippen molar-refractivity contribution >= 4 is 11.8 Å². The summed E-state index contributed by atoms with van der Waals surface area (Å²) in [5, 5.41) is 8.34. The Morgan fingerprint density at radius 1 is 0.864 bits per heavy atom. The highest BCUT2D eigenvalue weighted by molar-refractivity contribution is 5.84. The first-order valence-electron chi connectivity index (χ1n) is 7.09. The van der Waals surface area contributed by atoms with Gasteiger partial charge in [0.1, 0.15) is 13.2 Å². The standard InChI is InChI=1S/C13H26N2O7/c14-2-4-20-6-7-21-9-12(16)11(15)1-3-19-5-8-22-10-13(17)18/h11H,1-10,14-15H2,(H,17,18). The fourth-order valence-corrected chi connectivity index (χ4v) is 1.33. The zero-order valence-corrected chi connectivity index (χ0v) is 12.7. The molecule has 0 aliphatic heterocycles. The number of carbonyl (C=O) groups excluding carboxylic acids is 1. The molecule has 9 heteroatoms. The lowest BCUT2D eigenvalue weighted by molar-refractivity contribution is -0.142. The summed E-state index contributed by atoms with van der Waals surface area (Å²) >= 11 is 0. The number of nitrogens with two attached hydrogens (primary N) is 2. The molecule has 9 nitrogen and oxygen atoms in total. The number of carboxylic acids is 1. The molecule has 130 valence electrons. The third kappa shape index (κ3) is 13.9. The van der Waals surface area contributed by atoms with Gasteiger partial charge in [-0.1, -0.05) is 0 Å². The zero-order chi connectivity index (χ0) is 16.6. The molecular weight excluding hydrogens is 296 g/mol. The molecule has 0 spiro atoms. The molecule has 1 unspecified atom stereocenters. The molecule has 0 aromatic carbocycles. The van der Waals surface area contributed by atoms with Crippen LogP contribution in [0.4, 0.5) is 0 Å². The van der Waals surface area contributed by atoms with E-state index in [2.05, 4.69) is 0 Å². The molecule has 5 N–H and O–H groups in total. The van der Waals surface area contributed by atoms with Crippen molar-refractivity contribution in [3.8, 4) is 0 Å². The van der Waals surface area contributed by atoms with Crippen LogP contribution in [0.3, 0.4) is 0 Å². The Kier molecular flexibility index (Phi) is 14.1. The van der Waals surface area contributed by atoms with Crippen molar-refractivity contribution in [2.45, 2.75) is 12.5 Å². The summed E-state index contributed by atoms with van der Waals surface area (Å²) in [5.74, 6) is -1.23. The SMILES string of the molecule is NCCOCCOCC(=O)C(N)CCOCCOCC(=O)O. The maximum atomic E-state index is 11.6. The van der Waals surface area contributed by atoms with Crippen molar-refractivity contribution in [1.82, 2.24) is 0 Å². The van der Waals surface area contributed by atoms with Crippen molar-refractivity contribution < 1.29 is 33.6 Å². The molecule has 0 rings (SSSR count). The summed E-state index contributed by atoms with van der Waals surface area (Å²) in [5.41, 5.74) is 10.9. The molecule has 0 radical (unpaired) electrons. The fraction of sp³-hybridized carbons (Fsp3) is 0.846. The van der Waals surface area contributed by atoms with Crippen LogP contribution in [0.2, 0.25) is 0 Å². The van der Waals surface area contributed by atoms with Gasteiger partial charge in [0, 0.05) is 13.2 Å². The van der Waals surface area contributed by atoms with Gasteiger partial charge in [-0.05, 0) is 6.42 Å². The molecule has 0 saturated heterocycles. The normalized spacial score (nSPS) is 12.3. The maximum Gasteiger partial charge on any atom is 0.329 e. The van der Waals surface area contributed by atoms with Gasteiger partial charge in [0.25, 0.3) is 0 Å². The van der Waals surface area contributed by atoms with E-state index in [4.69, 9.17) is 35.5 Å². The number of ketones is 1. The topological polar surface area (TPSA) is 143 Å². The maximum absolute atomic E-state index is 11.6. The highest BCUT2D eigenvalue weighted by Gasteiger charge is 2.13. The third-order valence-electron chi connectivity index (χ3n) is 2.46. The molecule has 0 fully saturated rings. The average molecular weight is 322 g/mol. The van der Waals surface area contributed by atoms with Gasteiger partial charge < -0.3 is 35.5 Å². The molecular formula is C13H26N2O7. The Morgan fingerprint density at radius 2 is 1.41 bits per heavy atom. The van der Waals surface area contributed by atoms with E-state index in [1.54, 1.807) is 0 Å². The van der Waals surface area contributed by atoms with E-state index in [0.29, 0.717) is 39.4 Å². The number of rotatable bonds is 16. The fourth-order valence-electron chi connectivity index (χ4n) is 1.33. The van der Waals surface area contributed by atoms with Crippen molar-refractivity contribution in [2.75, 3.05) is 59.4 Å². The van der Waals surface area contributed by atoms with Crippen LogP contribution in [0.15, 0.2) is 0 Å². The van der Waals surface area contributed by atoms with Crippen molar-refractivity contribution in [3.63, 3.8) is 0 Å². The van der Waals surface area contributed by atoms with Gasteiger partial charge in [-0.2, -0.15) is 0 Å². The lowest BCUT2D eigenvalue weighted by atomic mass is 10.1. The van der Waals surface area contributed by atoms with E-state index in [1.807, 2.05) is 0 Å². The Morgan fingerprint density at radius 3 is 2.00 bits per heavy atom. The van der Waals surface area contributed by atoms with Crippen LogP contribution in [0.5, 0.6) is 0 Å². The number of hydrogen-bond acceptors (Lipinski definition) is 8. The minimum Gasteiger partial charge on any atom is -0.480 e. The molecule has 0 bridgehead atoms. The van der Waals surface area contributed by atoms with Gasteiger partial charge >= 0.3 is 5.97 Å². The van der Waals surface area contributed by atoms with Crippen molar-refractivity contribution in [3.05, 3.63) is 0 Å². The molecule has 0 aliphatic carbocycles. The molecule has 0 amide bonds. The van der Waals surface area contributed by atoms with Gasteiger partial charge in [-0.3, -0.25) is 4.79 Å². The van der Waals surface area contributed by atoms with Crippen LogP contribution in [-0.4, -0.2) is 82.3 Å². The van der Waals surface area contributed by atoms with Gasteiger partial charge in [-0.25, -0.2) is 4.79 Å². The molecule has 22 heavy (non-hydrogen) atoms. The van der Waals surface area contributed by atoms with E-state index in [0.717, 1.165) is 0 Å². The van der Waals surface area contributed by atoms with Crippen molar-refractivity contribution in [1.29, 1.82) is 0 Å². The van der Waals surface area contributed by atoms with Crippen LogP contribution in [0, 0.1) is 0 Å². The van der Waals surface area contributed by atoms with Crippen LogP contribution in [-0.2, 0) is 28.5 Å². The van der Waals surface area contributed by atoms with E-state index >= 15 is 0 Å². The second-order valence-electron chi connectivity index (χ2n) is 4.37. The number of Topliss-reactive ketones (excluding diaryl/α,β-unsaturated/α-hetero) is 1. The average Bonchev–Trinajstić information content (AvgIpc) is 2.49. The molecule has 1 atom stereocenters. The summed E-state index contributed by atoms with van der Waals surface area (Å²) < 4.78 is 20.2. The first-order valence-corrected chi connectivity index (χ1v) is 7.09. The summed E-state index contributed by atoms with van der Waals surface area (Å²) in [7, 11) is 0. The van der Waals surface area contributed by atoms with Crippen molar-refractivity contribution in [2.24, 2.45) is 11.5 Å². The number of hydrogen-bond donors (Lipinski definition) is 3. The highest BCUT2D eigenvalue weighted by atomic mass is 16.5. The van der Waals surface area contributed by atoms with Gasteiger partial charge in [-0.15, -0.1) is 0 Å². The first kappa shape index (κ1) is 20.9. The smallest absolute Gasteiger partial charge is 0.329 e. The Labute approximate surface area is 129 Å². The lowest BCUT2D eigenvalue weighted by Crippen LogP contribution is -2.35. The van der Waals surface area contributed by atoms with E-state index < -0.39 is 12.0 Å². The quantitative estimate of drug-likeness (QED) is 0.286. The van der Waals surface area contributed by atoms with Crippen LogP contribution >= 0.6 is 0 Å².